The van der Waals surface area contributed by atoms with Crippen molar-refractivity contribution in [1.29, 1.82) is 0 Å². The maximum atomic E-state index is 11.5. The van der Waals surface area contributed by atoms with Crippen LogP contribution in [0.3, 0.4) is 0 Å². The minimum absolute atomic E-state index is 0.0509. The van der Waals surface area contributed by atoms with Crippen molar-refractivity contribution in [3.8, 4) is 0 Å². The number of nitrogens with two attached hydrogens (primary N) is 2. The van der Waals surface area contributed by atoms with Gasteiger partial charge in [0.25, 0.3) is 0 Å². The van der Waals surface area contributed by atoms with Gasteiger partial charge in [-0.25, -0.2) is 4.79 Å². The first kappa shape index (κ1) is 12.8. The molecule has 1 aliphatic heterocycles. The molecule has 1 saturated heterocycles. The van der Waals surface area contributed by atoms with Crippen molar-refractivity contribution < 1.29 is 14.3 Å². The zero-order valence-electron chi connectivity index (χ0n) is 9.90. The first-order valence-corrected chi connectivity index (χ1v) is 5.23. The first-order valence-electron chi connectivity index (χ1n) is 5.23. The topological polar surface area (TPSA) is 98.7 Å². The predicted octanol–water partition coefficient (Wildman–Crippen LogP) is -0.334. The van der Waals surface area contributed by atoms with Crippen LogP contribution in [0.15, 0.2) is 0 Å². The molecule has 6 heteroatoms. The van der Waals surface area contributed by atoms with E-state index in [-0.39, 0.29) is 12.0 Å². The van der Waals surface area contributed by atoms with Crippen LogP contribution in [0.25, 0.3) is 0 Å². The van der Waals surface area contributed by atoms with Crippen molar-refractivity contribution in [3.63, 3.8) is 0 Å². The fourth-order valence-electron chi connectivity index (χ4n) is 1.45. The number of primary amides is 1. The quantitative estimate of drug-likeness (QED) is 0.677. The largest absolute Gasteiger partial charge is 0.444 e. The molecule has 0 aliphatic carbocycles. The van der Waals surface area contributed by atoms with Gasteiger partial charge in [0, 0.05) is 19.0 Å². The van der Waals surface area contributed by atoms with E-state index in [1.54, 1.807) is 20.8 Å². The van der Waals surface area contributed by atoms with Gasteiger partial charge in [0.2, 0.25) is 5.91 Å². The maximum absolute atomic E-state index is 11.5. The normalized spacial score (nSPS) is 18.9. The van der Waals surface area contributed by atoms with Gasteiger partial charge in [-0.2, -0.15) is 0 Å². The Bertz CT molecular complexity index is 292. The van der Waals surface area contributed by atoms with Crippen molar-refractivity contribution in [2.24, 2.45) is 17.4 Å². The second-order valence-electron chi connectivity index (χ2n) is 5.07. The summed E-state index contributed by atoms with van der Waals surface area (Å²) in [6.45, 7) is 6.27. The molecule has 4 N–H and O–H groups in total. The molecule has 6 nitrogen and oxygen atoms in total. The summed E-state index contributed by atoms with van der Waals surface area (Å²) < 4.78 is 5.16. The lowest BCUT2D eigenvalue weighted by Gasteiger charge is -2.41. The van der Waals surface area contributed by atoms with E-state index in [2.05, 4.69) is 0 Å². The molecule has 1 fully saturated rings. The van der Waals surface area contributed by atoms with Crippen LogP contribution >= 0.6 is 0 Å². The molecule has 1 rings (SSSR count). The molecule has 0 saturated carbocycles. The first-order chi connectivity index (χ1) is 7.20. The third-order valence-corrected chi connectivity index (χ3v) is 2.40. The Hall–Kier alpha value is -1.30. The second-order valence-corrected chi connectivity index (χ2v) is 5.07. The summed E-state index contributed by atoms with van der Waals surface area (Å²) >= 11 is 0. The molecule has 1 atom stereocenters. The van der Waals surface area contributed by atoms with Crippen LogP contribution in [0.2, 0.25) is 0 Å². The lowest BCUT2D eigenvalue weighted by Crippen LogP contribution is -2.60. The molecule has 0 spiro atoms. The summed E-state index contributed by atoms with van der Waals surface area (Å²) in [4.78, 5) is 23.8. The maximum Gasteiger partial charge on any atom is 0.410 e. The van der Waals surface area contributed by atoms with Crippen LogP contribution < -0.4 is 11.5 Å². The molecule has 1 aliphatic rings. The summed E-state index contributed by atoms with van der Waals surface area (Å²) in [5, 5.41) is 0. The molecular formula is C10H19N3O3. The Labute approximate surface area is 94.9 Å². The second kappa shape index (κ2) is 4.29. The molecule has 1 heterocycles. The van der Waals surface area contributed by atoms with Crippen molar-refractivity contribution >= 4 is 12.0 Å². The Balaban J connectivity index is 2.36. The highest BCUT2D eigenvalue weighted by Crippen LogP contribution is 2.21. The van der Waals surface area contributed by atoms with Gasteiger partial charge in [0.1, 0.15) is 5.60 Å². The SMILES string of the molecule is CC(C)(C)OC(=O)N1CC(C(N)C(N)=O)C1. The van der Waals surface area contributed by atoms with E-state index in [0.717, 1.165) is 0 Å². The Kier molecular flexibility index (Phi) is 3.42. The zero-order chi connectivity index (χ0) is 12.5. The molecule has 0 aromatic rings. The Morgan fingerprint density at radius 1 is 1.38 bits per heavy atom. The molecular weight excluding hydrogens is 210 g/mol. The van der Waals surface area contributed by atoms with Crippen molar-refractivity contribution in [3.05, 3.63) is 0 Å². The molecule has 0 aromatic carbocycles. The molecule has 0 bridgehead atoms. The standard InChI is InChI=1S/C10H19N3O3/c1-10(2,3)16-9(15)13-4-6(5-13)7(11)8(12)14/h6-7H,4-5,11H2,1-3H3,(H2,12,14). The van der Waals surface area contributed by atoms with Gasteiger partial charge >= 0.3 is 6.09 Å². The summed E-state index contributed by atoms with van der Waals surface area (Å²) in [6.07, 6.45) is -0.375. The summed E-state index contributed by atoms with van der Waals surface area (Å²) in [5.74, 6) is -0.584. The monoisotopic (exact) mass is 229 g/mol. The van der Waals surface area contributed by atoms with Crippen LogP contribution in [0.4, 0.5) is 4.79 Å². The molecule has 0 radical (unpaired) electrons. The number of carbonyl (C=O) groups is 2. The van der Waals surface area contributed by atoms with Gasteiger partial charge < -0.3 is 21.1 Å². The number of amides is 2. The Morgan fingerprint density at radius 2 is 1.88 bits per heavy atom. The highest BCUT2D eigenvalue weighted by atomic mass is 16.6. The lowest BCUT2D eigenvalue weighted by atomic mass is 9.92. The summed E-state index contributed by atoms with van der Waals surface area (Å²) in [7, 11) is 0. The number of ether oxygens (including phenoxy) is 1. The van der Waals surface area contributed by atoms with E-state index >= 15 is 0 Å². The molecule has 0 aromatic heterocycles. The smallest absolute Gasteiger partial charge is 0.410 e. The van der Waals surface area contributed by atoms with Crippen LogP contribution in [0.1, 0.15) is 20.8 Å². The summed E-state index contributed by atoms with van der Waals surface area (Å²) in [6, 6.07) is -0.682. The van der Waals surface area contributed by atoms with Crippen LogP contribution in [0, 0.1) is 5.92 Å². The van der Waals surface area contributed by atoms with Crippen molar-refractivity contribution in [2.75, 3.05) is 13.1 Å². The van der Waals surface area contributed by atoms with Crippen LogP contribution in [-0.4, -0.2) is 41.6 Å². The lowest BCUT2D eigenvalue weighted by molar-refractivity contribution is -0.122. The van der Waals surface area contributed by atoms with Crippen LogP contribution in [0.5, 0.6) is 0 Å². The minimum Gasteiger partial charge on any atom is -0.444 e. The highest BCUT2D eigenvalue weighted by Gasteiger charge is 2.38. The highest BCUT2D eigenvalue weighted by molar-refractivity contribution is 5.80. The van der Waals surface area contributed by atoms with Gasteiger partial charge in [0.15, 0.2) is 0 Å². The van der Waals surface area contributed by atoms with Crippen molar-refractivity contribution in [2.45, 2.75) is 32.4 Å². The van der Waals surface area contributed by atoms with E-state index in [1.807, 2.05) is 0 Å². The average Bonchev–Trinajstić information content (AvgIpc) is 1.96. The third kappa shape index (κ3) is 3.10. The predicted molar refractivity (Wildman–Crippen MR) is 58.5 cm³/mol. The number of hydrogen-bond acceptors (Lipinski definition) is 4. The fraction of sp³-hybridized carbons (Fsp3) is 0.800. The van der Waals surface area contributed by atoms with E-state index in [0.29, 0.717) is 13.1 Å². The zero-order valence-corrected chi connectivity index (χ0v) is 9.90. The third-order valence-electron chi connectivity index (χ3n) is 2.40. The van der Waals surface area contributed by atoms with Gasteiger partial charge in [-0.05, 0) is 20.8 Å². The number of hydrogen-bond donors (Lipinski definition) is 2. The van der Waals surface area contributed by atoms with Gasteiger partial charge in [-0.15, -0.1) is 0 Å². The van der Waals surface area contributed by atoms with E-state index in [1.165, 1.54) is 4.90 Å². The number of likely N-dealkylation sites (tertiary alicyclic amines) is 1. The van der Waals surface area contributed by atoms with Gasteiger partial charge in [-0.3, -0.25) is 4.79 Å². The van der Waals surface area contributed by atoms with Gasteiger partial charge in [0.05, 0.1) is 6.04 Å². The number of rotatable bonds is 2. The Morgan fingerprint density at radius 3 is 2.25 bits per heavy atom. The molecule has 92 valence electrons. The average molecular weight is 229 g/mol. The van der Waals surface area contributed by atoms with Gasteiger partial charge in [-0.1, -0.05) is 0 Å². The minimum atomic E-state index is -0.682. The fourth-order valence-corrected chi connectivity index (χ4v) is 1.45. The van der Waals surface area contributed by atoms with E-state index < -0.39 is 17.6 Å². The molecule has 1 unspecified atom stereocenters. The summed E-state index contributed by atoms with van der Waals surface area (Å²) in [5.41, 5.74) is 10.1. The number of nitrogens with zero attached hydrogens (tertiary/aromatic N) is 1. The molecule has 2 amide bonds. The number of carbonyl (C=O) groups excluding carboxylic acids is 2. The van der Waals surface area contributed by atoms with Crippen LogP contribution in [-0.2, 0) is 9.53 Å². The van der Waals surface area contributed by atoms with E-state index in [9.17, 15) is 9.59 Å². The van der Waals surface area contributed by atoms with E-state index in [4.69, 9.17) is 16.2 Å². The molecule has 16 heavy (non-hydrogen) atoms. The van der Waals surface area contributed by atoms with Crippen molar-refractivity contribution in [1.82, 2.24) is 4.90 Å².